The Balaban J connectivity index is 2.01. The van der Waals surface area contributed by atoms with Crippen molar-refractivity contribution in [2.75, 3.05) is 26.2 Å². The second-order valence-electron chi connectivity index (χ2n) is 4.58. The van der Waals surface area contributed by atoms with Gasteiger partial charge in [0.15, 0.2) is 0 Å². The van der Waals surface area contributed by atoms with E-state index in [1.807, 2.05) is 0 Å². The third-order valence-corrected chi connectivity index (χ3v) is 3.37. The highest BCUT2D eigenvalue weighted by atomic mass is 15.0. The van der Waals surface area contributed by atoms with Gasteiger partial charge in [-0.05, 0) is 37.3 Å². The number of rotatable bonds is 2. The largest absolute Gasteiger partial charge is 0.316 e. The summed E-state index contributed by atoms with van der Waals surface area (Å²) in [4.78, 5) is 0. The van der Waals surface area contributed by atoms with Crippen molar-refractivity contribution in [1.82, 2.24) is 10.6 Å². The van der Waals surface area contributed by atoms with Crippen molar-refractivity contribution in [2.45, 2.75) is 26.2 Å². The number of hydrogen-bond donors (Lipinski definition) is 2. The summed E-state index contributed by atoms with van der Waals surface area (Å²) >= 11 is 0. The molecule has 2 rings (SSSR count). The third kappa shape index (κ3) is 1.50. The third-order valence-electron chi connectivity index (χ3n) is 3.37. The minimum Gasteiger partial charge on any atom is -0.316 e. The highest BCUT2D eigenvalue weighted by Crippen LogP contribution is 2.35. The first kappa shape index (κ1) is 8.52. The first-order chi connectivity index (χ1) is 5.85. The van der Waals surface area contributed by atoms with Crippen LogP contribution >= 0.6 is 0 Å². The van der Waals surface area contributed by atoms with Crippen LogP contribution in [0.4, 0.5) is 0 Å². The molecule has 0 amide bonds. The molecule has 12 heavy (non-hydrogen) atoms. The standard InChI is InChI=1S/C10H20N2/c1-2-3-10-4-9(5-11-7-10)6-12-8-10/h9,11-12H,2-8H2,1H3. The Morgan fingerprint density at radius 2 is 1.92 bits per heavy atom. The Bertz CT molecular complexity index is 140. The average molecular weight is 168 g/mol. The van der Waals surface area contributed by atoms with Crippen LogP contribution in [0.3, 0.4) is 0 Å². The van der Waals surface area contributed by atoms with Crippen molar-refractivity contribution in [3.05, 3.63) is 0 Å². The predicted octanol–water partition coefficient (Wildman–Crippen LogP) is 0.986. The zero-order valence-corrected chi connectivity index (χ0v) is 8.03. The molecule has 2 heterocycles. The molecule has 0 aromatic carbocycles. The van der Waals surface area contributed by atoms with Crippen LogP contribution in [0.25, 0.3) is 0 Å². The maximum atomic E-state index is 3.57. The fourth-order valence-corrected chi connectivity index (χ4v) is 2.93. The van der Waals surface area contributed by atoms with Gasteiger partial charge in [-0.1, -0.05) is 13.3 Å². The van der Waals surface area contributed by atoms with Gasteiger partial charge in [0.05, 0.1) is 0 Å². The van der Waals surface area contributed by atoms with Crippen LogP contribution in [0, 0.1) is 11.3 Å². The molecule has 0 atom stereocenters. The van der Waals surface area contributed by atoms with E-state index in [9.17, 15) is 0 Å². The van der Waals surface area contributed by atoms with Crippen LogP contribution in [0.1, 0.15) is 26.2 Å². The van der Waals surface area contributed by atoms with Crippen molar-refractivity contribution in [3.8, 4) is 0 Å². The first-order valence-corrected chi connectivity index (χ1v) is 5.26. The molecule has 2 aliphatic rings. The maximum Gasteiger partial charge on any atom is 0.00202 e. The van der Waals surface area contributed by atoms with Crippen LogP contribution in [0.15, 0.2) is 0 Å². The van der Waals surface area contributed by atoms with E-state index in [0.717, 1.165) is 5.92 Å². The monoisotopic (exact) mass is 168 g/mol. The molecule has 2 bridgehead atoms. The van der Waals surface area contributed by atoms with Gasteiger partial charge in [0.2, 0.25) is 0 Å². The van der Waals surface area contributed by atoms with Gasteiger partial charge in [-0.15, -0.1) is 0 Å². The van der Waals surface area contributed by atoms with Gasteiger partial charge in [0.25, 0.3) is 0 Å². The van der Waals surface area contributed by atoms with Crippen molar-refractivity contribution >= 4 is 0 Å². The molecule has 0 aromatic rings. The van der Waals surface area contributed by atoms with Crippen LogP contribution < -0.4 is 10.6 Å². The molecule has 2 fully saturated rings. The van der Waals surface area contributed by atoms with E-state index >= 15 is 0 Å². The number of fused-ring (bicyclic) bond motifs is 2. The number of hydrogen-bond acceptors (Lipinski definition) is 2. The molecule has 0 aliphatic carbocycles. The summed E-state index contributed by atoms with van der Waals surface area (Å²) in [5.74, 6) is 0.902. The molecule has 0 spiro atoms. The molecule has 2 saturated heterocycles. The molecule has 2 aliphatic heterocycles. The lowest BCUT2D eigenvalue weighted by Crippen LogP contribution is -2.56. The fourth-order valence-electron chi connectivity index (χ4n) is 2.93. The lowest BCUT2D eigenvalue weighted by molar-refractivity contribution is 0.102. The Hall–Kier alpha value is -0.0800. The summed E-state index contributed by atoms with van der Waals surface area (Å²) < 4.78 is 0. The van der Waals surface area contributed by atoms with Crippen molar-refractivity contribution in [1.29, 1.82) is 0 Å². The molecule has 2 N–H and O–H groups in total. The maximum absolute atomic E-state index is 3.57. The Labute approximate surface area is 75.1 Å². The van der Waals surface area contributed by atoms with E-state index in [1.54, 1.807) is 0 Å². The fraction of sp³-hybridized carbons (Fsp3) is 1.00. The molecular formula is C10H20N2. The average Bonchev–Trinajstić information content (AvgIpc) is 2.04. The van der Waals surface area contributed by atoms with Crippen molar-refractivity contribution in [2.24, 2.45) is 11.3 Å². The molecule has 0 radical (unpaired) electrons. The van der Waals surface area contributed by atoms with E-state index in [-0.39, 0.29) is 0 Å². The van der Waals surface area contributed by atoms with Crippen molar-refractivity contribution < 1.29 is 0 Å². The zero-order valence-electron chi connectivity index (χ0n) is 8.03. The number of nitrogens with one attached hydrogen (secondary N) is 2. The molecule has 0 unspecified atom stereocenters. The quantitative estimate of drug-likeness (QED) is 0.642. The topological polar surface area (TPSA) is 24.1 Å². The van der Waals surface area contributed by atoms with Gasteiger partial charge in [-0.3, -0.25) is 0 Å². The van der Waals surface area contributed by atoms with Gasteiger partial charge in [-0.25, -0.2) is 0 Å². The Morgan fingerprint density at radius 3 is 2.50 bits per heavy atom. The first-order valence-electron chi connectivity index (χ1n) is 5.26. The number of piperidine rings is 2. The molecule has 2 nitrogen and oxygen atoms in total. The normalized spacial score (nSPS) is 41.2. The van der Waals surface area contributed by atoms with Crippen LogP contribution in [-0.2, 0) is 0 Å². The molecule has 2 heteroatoms. The smallest absolute Gasteiger partial charge is 0.00202 e. The molecule has 70 valence electrons. The van der Waals surface area contributed by atoms with E-state index in [1.165, 1.54) is 45.4 Å². The summed E-state index contributed by atoms with van der Waals surface area (Å²) in [5, 5.41) is 7.14. The minimum atomic E-state index is 0.607. The summed E-state index contributed by atoms with van der Waals surface area (Å²) in [6.45, 7) is 7.25. The summed E-state index contributed by atoms with van der Waals surface area (Å²) in [5.41, 5.74) is 0.607. The van der Waals surface area contributed by atoms with Crippen LogP contribution in [0.2, 0.25) is 0 Å². The predicted molar refractivity (Wildman–Crippen MR) is 51.2 cm³/mol. The SMILES string of the molecule is CCCC12CNCC(CNC1)C2. The van der Waals surface area contributed by atoms with Gasteiger partial charge in [0.1, 0.15) is 0 Å². The Kier molecular flexibility index (Phi) is 2.37. The van der Waals surface area contributed by atoms with E-state index in [2.05, 4.69) is 17.6 Å². The Morgan fingerprint density at radius 1 is 1.25 bits per heavy atom. The van der Waals surface area contributed by atoms with Gasteiger partial charge < -0.3 is 10.6 Å². The lowest BCUT2D eigenvalue weighted by atomic mass is 9.71. The van der Waals surface area contributed by atoms with Crippen LogP contribution in [-0.4, -0.2) is 26.2 Å². The van der Waals surface area contributed by atoms with Gasteiger partial charge in [-0.2, -0.15) is 0 Å². The minimum absolute atomic E-state index is 0.607. The molecular weight excluding hydrogens is 148 g/mol. The lowest BCUT2D eigenvalue weighted by Gasteiger charge is -2.46. The highest BCUT2D eigenvalue weighted by molar-refractivity contribution is 4.94. The van der Waals surface area contributed by atoms with Crippen LogP contribution in [0.5, 0.6) is 0 Å². The second kappa shape index (κ2) is 3.35. The highest BCUT2D eigenvalue weighted by Gasteiger charge is 2.38. The summed E-state index contributed by atoms with van der Waals surface area (Å²) in [6.07, 6.45) is 4.18. The van der Waals surface area contributed by atoms with Gasteiger partial charge >= 0.3 is 0 Å². The molecule has 0 aromatic heterocycles. The van der Waals surface area contributed by atoms with E-state index in [0.29, 0.717) is 5.41 Å². The van der Waals surface area contributed by atoms with E-state index < -0.39 is 0 Å². The van der Waals surface area contributed by atoms with Crippen molar-refractivity contribution in [3.63, 3.8) is 0 Å². The molecule has 0 saturated carbocycles. The zero-order chi connectivity index (χ0) is 8.44. The summed E-state index contributed by atoms with van der Waals surface area (Å²) in [6, 6.07) is 0. The second-order valence-corrected chi connectivity index (χ2v) is 4.58. The summed E-state index contributed by atoms with van der Waals surface area (Å²) in [7, 11) is 0. The van der Waals surface area contributed by atoms with Gasteiger partial charge in [0, 0.05) is 13.1 Å². The van der Waals surface area contributed by atoms with E-state index in [4.69, 9.17) is 0 Å².